The van der Waals surface area contributed by atoms with Gasteiger partial charge in [0.05, 0.1) is 23.1 Å². The Morgan fingerprint density at radius 1 is 1.14 bits per heavy atom. The van der Waals surface area contributed by atoms with Gasteiger partial charge in [-0.25, -0.2) is 13.9 Å². The molecule has 21 heavy (non-hydrogen) atoms. The molecule has 0 radical (unpaired) electrons. The van der Waals surface area contributed by atoms with E-state index in [1.54, 1.807) is 30.5 Å². The Morgan fingerprint density at radius 2 is 1.90 bits per heavy atom. The average Bonchev–Trinajstić information content (AvgIpc) is 2.97. The summed E-state index contributed by atoms with van der Waals surface area (Å²) >= 11 is 0. The van der Waals surface area contributed by atoms with Crippen LogP contribution in [-0.2, 0) is 0 Å². The Morgan fingerprint density at radius 3 is 2.62 bits per heavy atom. The topological polar surface area (TPSA) is 68.0 Å². The first kappa shape index (κ1) is 13.0. The first-order valence-electron chi connectivity index (χ1n) is 6.15. The highest BCUT2D eigenvalue weighted by Gasteiger charge is 2.11. The molecule has 6 heteroatoms. The van der Waals surface area contributed by atoms with E-state index >= 15 is 0 Å². The van der Waals surface area contributed by atoms with Crippen LogP contribution in [0.2, 0.25) is 0 Å². The molecule has 2 aromatic carbocycles. The van der Waals surface area contributed by atoms with Crippen molar-refractivity contribution < 1.29 is 14.3 Å². The molecule has 0 unspecified atom stereocenters. The van der Waals surface area contributed by atoms with Gasteiger partial charge < -0.3 is 5.11 Å². The van der Waals surface area contributed by atoms with E-state index in [9.17, 15) is 9.18 Å². The van der Waals surface area contributed by atoms with Gasteiger partial charge >= 0.3 is 5.97 Å². The zero-order chi connectivity index (χ0) is 14.8. The van der Waals surface area contributed by atoms with Crippen molar-refractivity contribution in [2.45, 2.75) is 0 Å². The number of carboxylic acids is 1. The Bertz CT molecular complexity index is 797. The van der Waals surface area contributed by atoms with Crippen LogP contribution in [0, 0.1) is 5.82 Å². The minimum Gasteiger partial charge on any atom is -0.478 e. The first-order valence-corrected chi connectivity index (χ1v) is 6.15. The fourth-order valence-electron chi connectivity index (χ4n) is 2.01. The third kappa shape index (κ3) is 2.51. The molecule has 1 aromatic heterocycles. The predicted molar refractivity (Wildman–Crippen MR) is 73.7 cm³/mol. The summed E-state index contributed by atoms with van der Waals surface area (Å²) in [6, 6.07) is 12.3. The monoisotopic (exact) mass is 283 g/mol. The number of aromatic carboxylic acids is 1. The van der Waals surface area contributed by atoms with E-state index in [0.717, 1.165) is 5.56 Å². The van der Waals surface area contributed by atoms with Crippen LogP contribution >= 0.6 is 0 Å². The maximum absolute atomic E-state index is 13.0. The number of benzene rings is 2. The van der Waals surface area contributed by atoms with Crippen LogP contribution in [0.15, 0.2) is 54.7 Å². The van der Waals surface area contributed by atoms with E-state index in [1.807, 2.05) is 0 Å². The average molecular weight is 283 g/mol. The predicted octanol–water partition coefficient (Wildman–Crippen LogP) is 2.77. The fourth-order valence-corrected chi connectivity index (χ4v) is 2.01. The first-order chi connectivity index (χ1) is 10.1. The van der Waals surface area contributed by atoms with E-state index in [4.69, 9.17) is 5.11 Å². The minimum atomic E-state index is -1.01. The van der Waals surface area contributed by atoms with Crippen LogP contribution in [-0.4, -0.2) is 26.1 Å². The molecule has 0 saturated heterocycles. The highest BCUT2D eigenvalue weighted by atomic mass is 19.1. The molecule has 0 aliphatic heterocycles. The van der Waals surface area contributed by atoms with Crippen LogP contribution < -0.4 is 0 Å². The van der Waals surface area contributed by atoms with Crippen molar-refractivity contribution >= 4 is 5.97 Å². The quantitative estimate of drug-likeness (QED) is 0.802. The Kier molecular flexibility index (Phi) is 3.19. The van der Waals surface area contributed by atoms with Crippen LogP contribution in [0.5, 0.6) is 0 Å². The number of carbonyl (C=O) groups is 1. The molecule has 0 aliphatic rings. The van der Waals surface area contributed by atoms with E-state index in [-0.39, 0.29) is 11.4 Å². The van der Waals surface area contributed by atoms with Gasteiger partial charge in [-0.15, -0.1) is 5.10 Å². The lowest BCUT2D eigenvalue weighted by molar-refractivity contribution is 0.0697. The molecule has 3 rings (SSSR count). The van der Waals surface area contributed by atoms with Crippen LogP contribution in [0.25, 0.3) is 16.9 Å². The minimum absolute atomic E-state index is 0.160. The van der Waals surface area contributed by atoms with Gasteiger partial charge in [0.15, 0.2) is 0 Å². The Labute approximate surface area is 119 Å². The molecule has 104 valence electrons. The molecule has 1 N–H and O–H groups in total. The van der Waals surface area contributed by atoms with Crippen molar-refractivity contribution in [3.63, 3.8) is 0 Å². The van der Waals surface area contributed by atoms with Crippen molar-refractivity contribution in [3.8, 4) is 16.9 Å². The number of nitrogens with zero attached hydrogens (tertiary/aromatic N) is 3. The molecule has 0 bridgehead atoms. The molecule has 0 fully saturated rings. The summed E-state index contributed by atoms with van der Waals surface area (Å²) in [7, 11) is 0. The van der Waals surface area contributed by atoms with Crippen molar-refractivity contribution in [2.24, 2.45) is 0 Å². The summed E-state index contributed by atoms with van der Waals surface area (Å²) in [6.45, 7) is 0. The zero-order valence-electron chi connectivity index (χ0n) is 10.8. The van der Waals surface area contributed by atoms with Gasteiger partial charge in [-0.05, 0) is 42.5 Å². The molecular formula is C15H10FN3O2. The summed E-state index contributed by atoms with van der Waals surface area (Å²) < 4.78 is 14.5. The van der Waals surface area contributed by atoms with Crippen molar-refractivity contribution in [1.82, 2.24) is 15.0 Å². The van der Waals surface area contributed by atoms with E-state index in [2.05, 4.69) is 10.3 Å². The number of carboxylic acid groups (broad SMARTS) is 1. The Balaban J connectivity index is 2.08. The van der Waals surface area contributed by atoms with Gasteiger partial charge in [-0.3, -0.25) is 0 Å². The van der Waals surface area contributed by atoms with Gasteiger partial charge in [0.2, 0.25) is 0 Å². The van der Waals surface area contributed by atoms with Crippen molar-refractivity contribution in [1.29, 1.82) is 0 Å². The highest BCUT2D eigenvalue weighted by Crippen LogP contribution is 2.22. The maximum atomic E-state index is 13.0. The van der Waals surface area contributed by atoms with Crippen LogP contribution in [0.3, 0.4) is 0 Å². The van der Waals surface area contributed by atoms with Gasteiger partial charge in [0, 0.05) is 5.56 Å². The zero-order valence-corrected chi connectivity index (χ0v) is 10.8. The fraction of sp³-hybridized carbons (Fsp3) is 0. The SMILES string of the molecule is O=C(O)c1cccc(-n2nncc2-c2ccc(F)cc2)c1. The van der Waals surface area contributed by atoms with Crippen LogP contribution in [0.1, 0.15) is 10.4 Å². The largest absolute Gasteiger partial charge is 0.478 e. The summed E-state index contributed by atoms with van der Waals surface area (Å²) in [5, 5.41) is 16.8. The molecule has 1 heterocycles. The lowest BCUT2D eigenvalue weighted by Gasteiger charge is -2.07. The number of halogens is 1. The summed E-state index contributed by atoms with van der Waals surface area (Å²) in [4.78, 5) is 11.0. The molecular weight excluding hydrogens is 273 g/mol. The third-order valence-corrected chi connectivity index (χ3v) is 3.03. The molecule has 0 atom stereocenters. The maximum Gasteiger partial charge on any atom is 0.335 e. The smallest absolute Gasteiger partial charge is 0.335 e. The molecule has 0 aliphatic carbocycles. The summed E-state index contributed by atoms with van der Waals surface area (Å²) in [5.41, 5.74) is 2.12. The Hall–Kier alpha value is -3.02. The molecule has 5 nitrogen and oxygen atoms in total. The van der Waals surface area contributed by atoms with E-state index < -0.39 is 5.97 Å². The third-order valence-electron chi connectivity index (χ3n) is 3.03. The summed E-state index contributed by atoms with van der Waals surface area (Å²) in [5.74, 6) is -1.34. The molecule has 0 saturated carbocycles. The molecule has 3 aromatic rings. The highest BCUT2D eigenvalue weighted by molar-refractivity contribution is 5.88. The lowest BCUT2D eigenvalue weighted by Crippen LogP contribution is -2.02. The normalized spacial score (nSPS) is 10.5. The summed E-state index contributed by atoms with van der Waals surface area (Å²) in [6.07, 6.45) is 1.54. The van der Waals surface area contributed by atoms with E-state index in [1.165, 1.54) is 28.9 Å². The number of aromatic nitrogens is 3. The second-order valence-corrected chi connectivity index (χ2v) is 4.39. The standard InChI is InChI=1S/C15H10FN3O2/c16-12-6-4-10(5-7-12)14-9-17-18-19(14)13-3-1-2-11(8-13)15(20)21/h1-9H,(H,20,21). The molecule has 0 spiro atoms. The lowest BCUT2D eigenvalue weighted by atomic mass is 10.1. The second kappa shape index (κ2) is 5.16. The molecule has 0 amide bonds. The van der Waals surface area contributed by atoms with Gasteiger partial charge in [-0.2, -0.15) is 0 Å². The van der Waals surface area contributed by atoms with Gasteiger partial charge in [0.1, 0.15) is 5.82 Å². The van der Waals surface area contributed by atoms with Gasteiger partial charge in [0.25, 0.3) is 0 Å². The van der Waals surface area contributed by atoms with Crippen LogP contribution in [0.4, 0.5) is 4.39 Å². The number of hydrogen-bond acceptors (Lipinski definition) is 3. The van der Waals surface area contributed by atoms with Gasteiger partial charge in [-0.1, -0.05) is 11.3 Å². The van der Waals surface area contributed by atoms with Crippen molar-refractivity contribution in [3.05, 3.63) is 66.1 Å². The number of rotatable bonds is 3. The van der Waals surface area contributed by atoms with E-state index in [0.29, 0.717) is 11.4 Å². The second-order valence-electron chi connectivity index (χ2n) is 4.39. The number of hydrogen-bond donors (Lipinski definition) is 1. The van der Waals surface area contributed by atoms with Crippen molar-refractivity contribution in [2.75, 3.05) is 0 Å².